The monoisotopic (exact) mass is 652 g/mol. The van der Waals surface area contributed by atoms with Crippen molar-refractivity contribution in [3.63, 3.8) is 0 Å². The number of ether oxygens (including phenoxy) is 1. The molecule has 0 unspecified atom stereocenters. The Kier molecular flexibility index (Phi) is 6.55. The summed E-state index contributed by atoms with van der Waals surface area (Å²) in [6, 6.07) is 50.2. The largest absolute Gasteiger partial charge is 0.453 e. The molecule has 4 heterocycles. The molecule has 0 spiro atoms. The van der Waals surface area contributed by atoms with E-state index in [-0.39, 0.29) is 0 Å². The second kappa shape index (κ2) is 10.9. The first-order valence-corrected chi connectivity index (χ1v) is 19.8. The van der Waals surface area contributed by atoms with Gasteiger partial charge in [-0.25, -0.2) is 4.68 Å². The zero-order chi connectivity index (χ0) is 33.3. The van der Waals surface area contributed by atoms with Crippen LogP contribution in [-0.4, -0.2) is 22.8 Å². The Labute approximate surface area is 288 Å². The Morgan fingerprint density at radius 1 is 0.612 bits per heavy atom. The van der Waals surface area contributed by atoms with Gasteiger partial charge in [-0.05, 0) is 102 Å². The predicted octanol–water partition coefficient (Wildman–Crippen LogP) is 8.98. The van der Waals surface area contributed by atoms with Crippen molar-refractivity contribution in [1.29, 1.82) is 0 Å². The molecule has 0 radical (unpaired) electrons. The summed E-state index contributed by atoms with van der Waals surface area (Å²) in [4.78, 5) is 7.47. The number of hydrogen-bond acceptors (Lipinski definition) is 4. The van der Waals surface area contributed by atoms with Gasteiger partial charge < -0.3 is 9.64 Å². The number of aromatic nitrogens is 3. The number of pyridine rings is 1. The lowest BCUT2D eigenvalue weighted by atomic mass is 9.66. The molecular formula is C43H36N4OSi. The van der Waals surface area contributed by atoms with Crippen LogP contribution in [0.15, 0.2) is 146 Å². The summed E-state index contributed by atoms with van der Waals surface area (Å²) in [7, 11) is -2.03. The second-order valence-electron chi connectivity index (χ2n) is 13.6. The SMILES string of the molecule is Cc1cc(C)n(-c2ccc3c(c2)N(c2cccc(C4(c5ccccn5)c5ccccc5[Si](C)(C)c5ccccc54)c2)c2ccccc2O3)n1. The molecule has 5 nitrogen and oxygen atoms in total. The lowest BCUT2D eigenvalue weighted by Crippen LogP contribution is -2.63. The third kappa shape index (κ3) is 4.30. The summed E-state index contributed by atoms with van der Waals surface area (Å²) in [5, 5.41) is 7.69. The zero-order valence-corrected chi connectivity index (χ0v) is 29.1. The molecule has 0 bridgehead atoms. The molecule has 2 aliphatic heterocycles. The molecule has 0 N–H and O–H groups in total. The lowest BCUT2D eigenvalue weighted by Gasteiger charge is -2.46. The molecule has 0 atom stereocenters. The Balaban J connectivity index is 1.32. The highest BCUT2D eigenvalue weighted by atomic mass is 28.3. The van der Waals surface area contributed by atoms with Crippen LogP contribution < -0.4 is 20.0 Å². The molecule has 0 saturated heterocycles. The molecule has 238 valence electrons. The Bertz CT molecular complexity index is 2350. The van der Waals surface area contributed by atoms with E-state index in [0.29, 0.717) is 0 Å². The normalized spacial score (nSPS) is 15.0. The van der Waals surface area contributed by atoms with Crippen LogP contribution in [-0.2, 0) is 5.41 Å². The van der Waals surface area contributed by atoms with E-state index >= 15 is 0 Å². The summed E-state index contributed by atoms with van der Waals surface area (Å²) < 4.78 is 8.53. The highest BCUT2D eigenvalue weighted by molar-refractivity contribution is 7.01. The average Bonchev–Trinajstić information content (AvgIpc) is 3.48. The summed E-state index contributed by atoms with van der Waals surface area (Å²) in [5.74, 6) is 1.62. The number of rotatable bonds is 4. The molecule has 6 heteroatoms. The number of hydrogen-bond donors (Lipinski definition) is 0. The molecule has 0 saturated carbocycles. The maximum absolute atomic E-state index is 6.53. The lowest BCUT2D eigenvalue weighted by molar-refractivity contribution is 0.476. The summed E-state index contributed by atoms with van der Waals surface area (Å²) in [6.07, 6.45) is 1.93. The van der Waals surface area contributed by atoms with Crippen LogP contribution in [0.5, 0.6) is 11.5 Å². The smallest absolute Gasteiger partial charge is 0.151 e. The molecule has 0 aliphatic carbocycles. The fourth-order valence-electron chi connectivity index (χ4n) is 8.24. The molecular weight excluding hydrogens is 617 g/mol. The van der Waals surface area contributed by atoms with Crippen molar-refractivity contribution in [2.24, 2.45) is 0 Å². The molecule has 5 aromatic carbocycles. The van der Waals surface area contributed by atoms with Crippen LogP contribution in [0, 0.1) is 13.8 Å². The van der Waals surface area contributed by atoms with E-state index in [0.717, 1.165) is 51.3 Å². The third-order valence-electron chi connectivity index (χ3n) is 10.4. The van der Waals surface area contributed by atoms with Gasteiger partial charge in [0.05, 0.1) is 33.9 Å². The van der Waals surface area contributed by atoms with E-state index < -0.39 is 13.5 Å². The molecule has 0 fully saturated rings. The van der Waals surface area contributed by atoms with E-state index in [4.69, 9.17) is 14.8 Å². The van der Waals surface area contributed by atoms with Gasteiger partial charge in [0.1, 0.15) is 8.07 Å². The Morgan fingerprint density at radius 2 is 1.31 bits per heavy atom. The molecule has 9 rings (SSSR count). The molecule has 2 aromatic heterocycles. The van der Waals surface area contributed by atoms with E-state index in [2.05, 4.69) is 146 Å². The van der Waals surface area contributed by atoms with Crippen LogP contribution in [0.3, 0.4) is 0 Å². The quantitative estimate of drug-likeness (QED) is 0.178. The van der Waals surface area contributed by atoms with Crippen molar-refractivity contribution in [2.45, 2.75) is 32.4 Å². The van der Waals surface area contributed by atoms with E-state index in [1.54, 1.807) is 0 Å². The summed E-state index contributed by atoms with van der Waals surface area (Å²) in [5.41, 5.74) is 10.3. The topological polar surface area (TPSA) is 43.2 Å². The summed E-state index contributed by atoms with van der Waals surface area (Å²) >= 11 is 0. The van der Waals surface area contributed by atoms with Crippen LogP contribution in [0.1, 0.15) is 33.8 Å². The van der Waals surface area contributed by atoms with Gasteiger partial charge in [0.15, 0.2) is 11.5 Å². The van der Waals surface area contributed by atoms with Gasteiger partial charge in [0.25, 0.3) is 0 Å². The van der Waals surface area contributed by atoms with Gasteiger partial charge in [-0.1, -0.05) is 92.0 Å². The van der Waals surface area contributed by atoms with E-state index in [1.807, 2.05) is 36.0 Å². The van der Waals surface area contributed by atoms with Crippen molar-refractivity contribution in [2.75, 3.05) is 4.90 Å². The third-order valence-corrected chi connectivity index (χ3v) is 13.9. The van der Waals surface area contributed by atoms with Crippen LogP contribution in [0.2, 0.25) is 13.1 Å². The summed E-state index contributed by atoms with van der Waals surface area (Å²) in [6.45, 7) is 9.08. The van der Waals surface area contributed by atoms with Crippen LogP contribution in [0.4, 0.5) is 17.1 Å². The van der Waals surface area contributed by atoms with Gasteiger partial charge in [0.2, 0.25) is 0 Å². The van der Waals surface area contributed by atoms with Crippen molar-refractivity contribution in [3.05, 3.63) is 179 Å². The van der Waals surface area contributed by atoms with E-state index in [9.17, 15) is 0 Å². The maximum atomic E-state index is 6.53. The zero-order valence-electron chi connectivity index (χ0n) is 28.1. The van der Waals surface area contributed by atoms with Crippen molar-refractivity contribution in [3.8, 4) is 17.2 Å². The fourth-order valence-corrected chi connectivity index (χ4v) is 11.4. The minimum Gasteiger partial charge on any atom is -0.453 e. The first-order valence-electron chi connectivity index (χ1n) is 16.8. The Hall–Kier alpha value is -5.72. The fraction of sp³-hybridized carbons (Fsp3) is 0.116. The molecule has 2 aliphatic rings. The highest BCUT2D eigenvalue weighted by Gasteiger charge is 2.50. The molecule has 0 amide bonds. The van der Waals surface area contributed by atoms with Crippen LogP contribution in [0.25, 0.3) is 5.69 Å². The van der Waals surface area contributed by atoms with Gasteiger partial charge in [-0.2, -0.15) is 5.10 Å². The van der Waals surface area contributed by atoms with E-state index in [1.165, 1.54) is 27.1 Å². The number of fused-ring (bicyclic) bond motifs is 4. The number of nitrogens with zero attached hydrogens (tertiary/aromatic N) is 4. The number of anilines is 3. The standard InChI is InChI=1S/C43H36N4OSi/c1-29-26-30(2)47(45-29)33-23-24-39-37(28-33)46(36-18-7-8-19-38(36)48-39)32-15-13-14-31(27-32)43(42-22-11-12-25-44-42)34-16-5-9-20-40(34)49(3,4)41-21-10-6-17-35(41)43/h5-28H,1-4H3. The highest BCUT2D eigenvalue weighted by Crippen LogP contribution is 2.53. The number of benzene rings is 5. The molecule has 49 heavy (non-hydrogen) atoms. The number of para-hydroxylation sites is 2. The van der Waals surface area contributed by atoms with Crippen molar-refractivity contribution >= 4 is 35.5 Å². The van der Waals surface area contributed by atoms with Crippen molar-refractivity contribution < 1.29 is 4.74 Å². The first-order chi connectivity index (χ1) is 23.9. The minimum atomic E-state index is -2.03. The minimum absolute atomic E-state index is 0.618. The van der Waals surface area contributed by atoms with Gasteiger partial charge in [0, 0.05) is 17.6 Å². The Morgan fingerprint density at radius 3 is 2.02 bits per heavy atom. The van der Waals surface area contributed by atoms with Gasteiger partial charge >= 0.3 is 0 Å². The van der Waals surface area contributed by atoms with Crippen LogP contribution >= 0.6 is 0 Å². The van der Waals surface area contributed by atoms with Gasteiger partial charge in [-0.3, -0.25) is 4.98 Å². The van der Waals surface area contributed by atoms with Gasteiger partial charge in [-0.15, -0.1) is 0 Å². The predicted molar refractivity (Wildman–Crippen MR) is 201 cm³/mol. The maximum Gasteiger partial charge on any atom is 0.151 e. The first kappa shape index (κ1) is 29.4. The second-order valence-corrected chi connectivity index (χ2v) is 18.0. The average molecular weight is 653 g/mol. The number of aryl methyl sites for hydroxylation is 2. The van der Waals surface area contributed by atoms with Crippen molar-refractivity contribution in [1.82, 2.24) is 14.8 Å². The molecule has 7 aromatic rings.